The van der Waals surface area contributed by atoms with E-state index in [-0.39, 0.29) is 12.1 Å². The molecule has 0 fully saturated rings. The topological polar surface area (TPSA) is 27.0 Å². The number of hydrogen-bond donors (Lipinski definition) is 0. The van der Waals surface area contributed by atoms with Gasteiger partial charge in [-0.3, -0.25) is 4.90 Å². The van der Waals surface area contributed by atoms with Gasteiger partial charge in [-0.25, -0.2) is 0 Å². The van der Waals surface area contributed by atoms with Crippen LogP contribution in [0.1, 0.15) is 16.7 Å². The Bertz CT molecular complexity index is 633. The molecule has 2 aromatic rings. The minimum atomic E-state index is -2.90. The number of alkyl halides is 2. The first-order chi connectivity index (χ1) is 10.0. The van der Waals surface area contributed by atoms with Crippen molar-refractivity contribution in [2.24, 2.45) is 0 Å². The van der Waals surface area contributed by atoms with Crippen LogP contribution < -0.4 is 0 Å². The summed E-state index contributed by atoms with van der Waals surface area (Å²) in [4.78, 5) is 1.56. The van der Waals surface area contributed by atoms with Crippen LogP contribution in [-0.2, 0) is 12.5 Å². The van der Waals surface area contributed by atoms with Crippen LogP contribution in [0.2, 0.25) is 0 Å². The molecule has 0 aliphatic heterocycles. The summed E-state index contributed by atoms with van der Waals surface area (Å²) < 4.78 is 28.3. The summed E-state index contributed by atoms with van der Waals surface area (Å²) in [6.45, 7) is 0.00569. The van der Waals surface area contributed by atoms with Gasteiger partial charge in [0.25, 0.3) is 5.92 Å². The fourth-order valence-electron chi connectivity index (χ4n) is 2.22. The van der Waals surface area contributed by atoms with E-state index in [1.165, 1.54) is 12.1 Å². The van der Waals surface area contributed by atoms with Gasteiger partial charge in [0.2, 0.25) is 0 Å². The van der Waals surface area contributed by atoms with Gasteiger partial charge in [0.05, 0.1) is 18.2 Å². The Kier molecular flexibility index (Phi) is 4.66. The van der Waals surface area contributed by atoms with Gasteiger partial charge in [0.15, 0.2) is 0 Å². The van der Waals surface area contributed by atoms with E-state index in [2.05, 4.69) is 0 Å². The molecule has 0 spiro atoms. The van der Waals surface area contributed by atoms with Gasteiger partial charge in [0.1, 0.15) is 0 Å². The molecule has 0 saturated heterocycles. The van der Waals surface area contributed by atoms with Crippen molar-refractivity contribution < 1.29 is 8.78 Å². The average molecular weight is 286 g/mol. The molecule has 0 amide bonds. The largest absolute Gasteiger partial charge is 0.296 e. The Balaban J connectivity index is 2.04. The van der Waals surface area contributed by atoms with Gasteiger partial charge in [-0.15, -0.1) is 0 Å². The van der Waals surface area contributed by atoms with E-state index in [9.17, 15) is 8.78 Å². The molecule has 108 valence electrons. The standard InChI is InChI=1S/C17H16F2N2/c1-21(12-15-7-5-6-14(10-15)11-20)13-17(18,19)16-8-3-2-4-9-16/h2-10H,12-13H2,1H3. The normalized spacial score (nSPS) is 11.4. The van der Waals surface area contributed by atoms with Crippen LogP contribution in [0.25, 0.3) is 0 Å². The quantitative estimate of drug-likeness (QED) is 0.836. The van der Waals surface area contributed by atoms with Crippen molar-refractivity contribution in [3.63, 3.8) is 0 Å². The smallest absolute Gasteiger partial charge is 0.285 e. The molecule has 21 heavy (non-hydrogen) atoms. The summed E-state index contributed by atoms with van der Waals surface area (Å²) in [5, 5.41) is 8.85. The van der Waals surface area contributed by atoms with Gasteiger partial charge < -0.3 is 0 Å². The third-order valence-electron chi connectivity index (χ3n) is 3.17. The maximum Gasteiger partial charge on any atom is 0.285 e. The highest BCUT2D eigenvalue weighted by Crippen LogP contribution is 2.28. The van der Waals surface area contributed by atoms with Gasteiger partial charge in [-0.05, 0) is 24.7 Å². The fraction of sp³-hybridized carbons (Fsp3) is 0.235. The van der Waals surface area contributed by atoms with Crippen molar-refractivity contribution in [2.45, 2.75) is 12.5 Å². The first-order valence-electron chi connectivity index (χ1n) is 6.62. The van der Waals surface area contributed by atoms with Crippen molar-refractivity contribution in [2.75, 3.05) is 13.6 Å². The monoisotopic (exact) mass is 286 g/mol. The van der Waals surface area contributed by atoms with E-state index in [1.54, 1.807) is 48.3 Å². The fourth-order valence-corrected chi connectivity index (χ4v) is 2.22. The van der Waals surface area contributed by atoms with Crippen molar-refractivity contribution in [3.8, 4) is 6.07 Å². The number of rotatable bonds is 5. The molecule has 0 aromatic heterocycles. The van der Waals surface area contributed by atoms with Crippen molar-refractivity contribution in [1.82, 2.24) is 4.90 Å². The lowest BCUT2D eigenvalue weighted by Gasteiger charge is -2.24. The lowest BCUT2D eigenvalue weighted by Crippen LogP contribution is -2.32. The molecule has 0 atom stereocenters. The summed E-state index contributed by atoms with van der Waals surface area (Å²) in [7, 11) is 1.65. The Hall–Kier alpha value is -2.25. The Morgan fingerprint density at radius 1 is 1.10 bits per heavy atom. The summed E-state index contributed by atoms with van der Waals surface area (Å²) in [5.74, 6) is -2.90. The molecule has 0 heterocycles. The Labute approximate surface area is 123 Å². The van der Waals surface area contributed by atoms with Crippen LogP contribution in [0.5, 0.6) is 0 Å². The molecule has 4 heteroatoms. The molecular formula is C17H16F2N2. The van der Waals surface area contributed by atoms with E-state index in [4.69, 9.17) is 5.26 Å². The highest BCUT2D eigenvalue weighted by atomic mass is 19.3. The summed E-state index contributed by atoms with van der Waals surface area (Å²) >= 11 is 0. The second kappa shape index (κ2) is 6.47. The first-order valence-corrected chi connectivity index (χ1v) is 6.62. The minimum Gasteiger partial charge on any atom is -0.296 e. The SMILES string of the molecule is CN(Cc1cccc(C#N)c1)CC(F)(F)c1ccccc1. The molecule has 0 N–H and O–H groups in total. The van der Waals surface area contributed by atoms with Gasteiger partial charge in [-0.2, -0.15) is 14.0 Å². The van der Waals surface area contributed by atoms with Gasteiger partial charge in [-0.1, -0.05) is 42.5 Å². The van der Waals surface area contributed by atoms with Crippen molar-refractivity contribution in [3.05, 3.63) is 71.3 Å². The predicted molar refractivity (Wildman–Crippen MR) is 77.8 cm³/mol. The highest BCUT2D eigenvalue weighted by Gasteiger charge is 2.32. The predicted octanol–water partition coefficient (Wildman–Crippen LogP) is 3.78. The van der Waals surface area contributed by atoms with E-state index in [1.807, 2.05) is 12.1 Å². The lowest BCUT2D eigenvalue weighted by atomic mass is 10.1. The van der Waals surface area contributed by atoms with Crippen LogP contribution in [0.15, 0.2) is 54.6 Å². The van der Waals surface area contributed by atoms with Crippen LogP contribution in [0.3, 0.4) is 0 Å². The molecule has 0 unspecified atom stereocenters. The molecule has 0 bridgehead atoms. The minimum absolute atomic E-state index is 0.0163. The average Bonchev–Trinajstić information content (AvgIpc) is 2.47. The number of nitrogens with zero attached hydrogens (tertiary/aromatic N) is 2. The zero-order chi connectivity index (χ0) is 15.3. The Morgan fingerprint density at radius 2 is 1.81 bits per heavy atom. The van der Waals surface area contributed by atoms with E-state index in [0.29, 0.717) is 12.1 Å². The zero-order valence-electron chi connectivity index (χ0n) is 11.8. The molecule has 2 aromatic carbocycles. The summed E-state index contributed by atoms with van der Waals surface area (Å²) in [5.41, 5.74) is 1.40. The molecule has 0 saturated carbocycles. The van der Waals surface area contributed by atoms with Crippen LogP contribution in [0.4, 0.5) is 8.78 Å². The molecule has 2 rings (SSSR count). The number of benzene rings is 2. The number of hydrogen-bond acceptors (Lipinski definition) is 2. The van der Waals surface area contributed by atoms with Crippen LogP contribution in [-0.4, -0.2) is 18.5 Å². The maximum absolute atomic E-state index is 14.2. The van der Waals surface area contributed by atoms with E-state index >= 15 is 0 Å². The van der Waals surface area contributed by atoms with Gasteiger partial charge >= 0.3 is 0 Å². The molecule has 0 aliphatic rings. The first kappa shape index (κ1) is 15.1. The molecule has 0 radical (unpaired) electrons. The molecular weight excluding hydrogens is 270 g/mol. The second-order valence-electron chi connectivity index (χ2n) is 5.05. The number of halogens is 2. The molecule has 2 nitrogen and oxygen atoms in total. The zero-order valence-corrected chi connectivity index (χ0v) is 11.8. The van der Waals surface area contributed by atoms with Crippen LogP contribution >= 0.6 is 0 Å². The third kappa shape index (κ3) is 4.11. The van der Waals surface area contributed by atoms with Crippen LogP contribution in [0, 0.1) is 11.3 Å². The van der Waals surface area contributed by atoms with E-state index in [0.717, 1.165) is 5.56 Å². The number of nitriles is 1. The van der Waals surface area contributed by atoms with Crippen molar-refractivity contribution >= 4 is 0 Å². The van der Waals surface area contributed by atoms with Gasteiger partial charge in [0, 0.05) is 12.1 Å². The summed E-state index contributed by atoms with van der Waals surface area (Å²) in [6.07, 6.45) is 0. The Morgan fingerprint density at radius 3 is 2.48 bits per heavy atom. The van der Waals surface area contributed by atoms with E-state index < -0.39 is 5.92 Å². The summed E-state index contributed by atoms with van der Waals surface area (Å²) in [6, 6.07) is 16.9. The third-order valence-corrected chi connectivity index (χ3v) is 3.17. The number of likely N-dealkylation sites (N-methyl/N-ethyl adjacent to an activating group) is 1. The lowest BCUT2D eigenvalue weighted by molar-refractivity contribution is -0.0338. The highest BCUT2D eigenvalue weighted by molar-refractivity contribution is 5.32. The second-order valence-corrected chi connectivity index (χ2v) is 5.05. The molecule has 0 aliphatic carbocycles. The maximum atomic E-state index is 14.2. The van der Waals surface area contributed by atoms with Crippen molar-refractivity contribution in [1.29, 1.82) is 5.26 Å².